The number of likely N-dealkylation sites (tertiary alicyclic amines) is 1. The number of halogens is 1. The molecule has 0 bridgehead atoms. The average molecular weight is 410 g/mol. The van der Waals surface area contributed by atoms with E-state index in [2.05, 4.69) is 26.0 Å². The van der Waals surface area contributed by atoms with Gasteiger partial charge in [0.2, 0.25) is 0 Å². The quantitative estimate of drug-likeness (QED) is 0.731. The Morgan fingerprint density at radius 1 is 1.40 bits per heavy atom. The molecule has 0 saturated carbocycles. The number of aromatic nitrogens is 3. The van der Waals surface area contributed by atoms with Crippen LogP contribution >= 0.6 is 15.9 Å². The Balaban J connectivity index is 1.79. The number of carbonyl (C=O) groups is 1. The third-order valence-electron chi connectivity index (χ3n) is 4.25. The fourth-order valence-corrected chi connectivity index (χ4v) is 4.04. The van der Waals surface area contributed by atoms with Gasteiger partial charge in [-0.3, -0.25) is 0 Å². The molecule has 2 aromatic rings. The molecule has 2 aromatic heterocycles. The van der Waals surface area contributed by atoms with Crippen molar-refractivity contribution in [3.8, 4) is 0 Å². The third-order valence-corrected chi connectivity index (χ3v) is 5.17. The number of anilines is 1. The summed E-state index contributed by atoms with van der Waals surface area (Å²) in [7, 11) is 0. The monoisotopic (exact) mass is 409 g/mol. The van der Waals surface area contributed by atoms with Gasteiger partial charge in [-0.05, 0) is 46.2 Å². The molecule has 8 heteroatoms. The van der Waals surface area contributed by atoms with Gasteiger partial charge in [-0.2, -0.15) is 5.10 Å². The van der Waals surface area contributed by atoms with E-state index < -0.39 is 5.60 Å². The zero-order chi connectivity index (χ0) is 18.4. The van der Waals surface area contributed by atoms with Crippen molar-refractivity contribution in [3.63, 3.8) is 0 Å². The first-order valence-electron chi connectivity index (χ1n) is 8.39. The predicted molar refractivity (Wildman–Crippen MR) is 100 cm³/mol. The standard InChI is InChI=1S/C17H24BrN5O2/c1-10-20-15(19)14-6-5-13(23(14)21-10)11-7-8-22(9-12(11)18)16(24)25-17(2,3)4/h5-6,11-12H,7-9H2,1-4H3,(H2,19,20,21). The van der Waals surface area contributed by atoms with Crippen LogP contribution in [0, 0.1) is 6.92 Å². The first kappa shape index (κ1) is 18.0. The number of hydrogen-bond acceptors (Lipinski definition) is 5. The van der Waals surface area contributed by atoms with Gasteiger partial charge in [0.25, 0.3) is 0 Å². The molecule has 2 atom stereocenters. The van der Waals surface area contributed by atoms with Crippen molar-refractivity contribution >= 4 is 33.4 Å². The lowest BCUT2D eigenvalue weighted by atomic mass is 9.93. The second kappa shape index (κ2) is 6.48. The number of rotatable bonds is 1. The largest absolute Gasteiger partial charge is 0.444 e. The maximum Gasteiger partial charge on any atom is 0.410 e. The highest BCUT2D eigenvalue weighted by atomic mass is 79.9. The Kier molecular flexibility index (Phi) is 4.66. The van der Waals surface area contributed by atoms with Crippen LogP contribution in [-0.4, -0.2) is 49.1 Å². The Morgan fingerprint density at radius 3 is 2.76 bits per heavy atom. The summed E-state index contributed by atoms with van der Waals surface area (Å²) in [5, 5.41) is 4.51. The van der Waals surface area contributed by atoms with E-state index in [1.165, 1.54) is 0 Å². The van der Waals surface area contributed by atoms with Crippen LogP contribution in [0.1, 0.15) is 44.6 Å². The molecule has 136 valence electrons. The minimum absolute atomic E-state index is 0.114. The minimum Gasteiger partial charge on any atom is -0.444 e. The highest BCUT2D eigenvalue weighted by Crippen LogP contribution is 2.34. The maximum atomic E-state index is 12.3. The maximum absolute atomic E-state index is 12.3. The lowest BCUT2D eigenvalue weighted by Gasteiger charge is -2.36. The van der Waals surface area contributed by atoms with Gasteiger partial charge in [-0.15, -0.1) is 0 Å². The Bertz CT molecular complexity index is 798. The van der Waals surface area contributed by atoms with Gasteiger partial charge in [-0.1, -0.05) is 15.9 Å². The molecule has 0 radical (unpaired) electrons. The van der Waals surface area contributed by atoms with Crippen LogP contribution in [0.4, 0.5) is 10.6 Å². The summed E-state index contributed by atoms with van der Waals surface area (Å²) in [6, 6.07) is 3.99. The molecule has 0 spiro atoms. The number of ether oxygens (including phenoxy) is 1. The van der Waals surface area contributed by atoms with Gasteiger partial charge in [0.15, 0.2) is 5.82 Å². The summed E-state index contributed by atoms with van der Waals surface area (Å²) in [5.41, 5.74) is 7.41. The molecule has 1 aliphatic heterocycles. The lowest BCUT2D eigenvalue weighted by molar-refractivity contribution is 0.0211. The zero-order valence-electron chi connectivity index (χ0n) is 15.0. The number of hydrogen-bond donors (Lipinski definition) is 1. The van der Waals surface area contributed by atoms with E-state index in [4.69, 9.17) is 10.5 Å². The van der Waals surface area contributed by atoms with Crippen LogP contribution in [0.3, 0.4) is 0 Å². The zero-order valence-corrected chi connectivity index (χ0v) is 16.6. The minimum atomic E-state index is -0.487. The van der Waals surface area contributed by atoms with Gasteiger partial charge in [0.05, 0.1) is 0 Å². The van der Waals surface area contributed by atoms with Gasteiger partial charge in [0, 0.05) is 29.5 Å². The van der Waals surface area contributed by atoms with Crippen molar-refractivity contribution in [2.75, 3.05) is 18.8 Å². The molecule has 1 aliphatic rings. The van der Waals surface area contributed by atoms with Crippen molar-refractivity contribution in [2.45, 2.75) is 50.5 Å². The molecule has 0 aromatic carbocycles. The number of carbonyl (C=O) groups excluding carboxylic acids is 1. The van der Waals surface area contributed by atoms with Crippen molar-refractivity contribution in [1.82, 2.24) is 19.5 Å². The predicted octanol–water partition coefficient (Wildman–Crippen LogP) is 3.11. The average Bonchev–Trinajstić information content (AvgIpc) is 2.89. The van der Waals surface area contributed by atoms with Gasteiger partial charge in [0.1, 0.15) is 16.9 Å². The Hall–Kier alpha value is -1.83. The number of aryl methyl sites for hydroxylation is 1. The van der Waals surface area contributed by atoms with Crippen LogP contribution in [0.15, 0.2) is 12.1 Å². The number of nitrogens with zero attached hydrogens (tertiary/aromatic N) is 4. The summed E-state index contributed by atoms with van der Waals surface area (Å²) in [6.07, 6.45) is 0.558. The first-order chi connectivity index (χ1) is 11.7. The third kappa shape index (κ3) is 3.73. The molecule has 25 heavy (non-hydrogen) atoms. The topological polar surface area (TPSA) is 85.8 Å². The van der Waals surface area contributed by atoms with Crippen LogP contribution < -0.4 is 5.73 Å². The van der Waals surface area contributed by atoms with E-state index in [1.54, 1.807) is 4.90 Å². The fraction of sp³-hybridized carbons (Fsp3) is 0.588. The van der Waals surface area contributed by atoms with E-state index >= 15 is 0 Å². The molecule has 3 heterocycles. The van der Waals surface area contributed by atoms with Gasteiger partial charge < -0.3 is 15.4 Å². The number of alkyl halides is 1. The van der Waals surface area contributed by atoms with Gasteiger partial charge >= 0.3 is 6.09 Å². The summed E-state index contributed by atoms with van der Waals surface area (Å²) in [4.78, 5) is 18.4. The molecule has 1 fully saturated rings. The summed E-state index contributed by atoms with van der Waals surface area (Å²) in [5.74, 6) is 1.35. The SMILES string of the molecule is Cc1nc(N)c2ccc(C3CCN(C(=O)OC(C)(C)C)CC3Br)n2n1. The fourth-order valence-electron chi connectivity index (χ4n) is 3.16. The number of fused-ring (bicyclic) bond motifs is 1. The number of piperidine rings is 1. The van der Waals surface area contributed by atoms with E-state index in [-0.39, 0.29) is 16.8 Å². The van der Waals surface area contributed by atoms with E-state index in [9.17, 15) is 4.79 Å². The summed E-state index contributed by atoms with van der Waals surface area (Å²) >= 11 is 3.75. The molecule has 1 saturated heterocycles. The van der Waals surface area contributed by atoms with Crippen molar-refractivity contribution in [3.05, 3.63) is 23.7 Å². The Labute approximate surface area is 155 Å². The van der Waals surface area contributed by atoms with Crippen molar-refractivity contribution in [1.29, 1.82) is 0 Å². The summed E-state index contributed by atoms with van der Waals surface area (Å²) < 4.78 is 7.35. The van der Waals surface area contributed by atoms with Gasteiger partial charge in [-0.25, -0.2) is 14.3 Å². The summed E-state index contributed by atoms with van der Waals surface area (Å²) in [6.45, 7) is 8.70. The lowest BCUT2D eigenvalue weighted by Crippen LogP contribution is -2.45. The highest BCUT2D eigenvalue weighted by molar-refractivity contribution is 9.09. The van der Waals surface area contributed by atoms with Crippen molar-refractivity contribution in [2.24, 2.45) is 0 Å². The smallest absolute Gasteiger partial charge is 0.410 e. The molecule has 3 rings (SSSR count). The van der Waals surface area contributed by atoms with Crippen LogP contribution in [-0.2, 0) is 4.74 Å². The number of nitrogen functional groups attached to an aromatic ring is 1. The molecular weight excluding hydrogens is 386 g/mol. The second-order valence-corrected chi connectivity index (χ2v) is 8.61. The molecule has 2 unspecified atom stereocenters. The normalized spacial score (nSPS) is 21.6. The molecule has 2 N–H and O–H groups in total. The van der Waals surface area contributed by atoms with E-state index in [0.29, 0.717) is 24.7 Å². The first-order valence-corrected chi connectivity index (χ1v) is 9.31. The molecule has 1 amide bonds. The van der Waals surface area contributed by atoms with Crippen LogP contribution in [0.5, 0.6) is 0 Å². The molecule has 7 nitrogen and oxygen atoms in total. The van der Waals surface area contributed by atoms with E-state index in [0.717, 1.165) is 17.6 Å². The van der Waals surface area contributed by atoms with Crippen LogP contribution in [0.2, 0.25) is 0 Å². The molecule has 0 aliphatic carbocycles. The Morgan fingerprint density at radius 2 is 2.12 bits per heavy atom. The number of nitrogens with two attached hydrogens (primary N) is 1. The second-order valence-electron chi connectivity index (χ2n) is 7.44. The highest BCUT2D eigenvalue weighted by Gasteiger charge is 2.34. The van der Waals surface area contributed by atoms with Crippen molar-refractivity contribution < 1.29 is 9.53 Å². The van der Waals surface area contributed by atoms with E-state index in [1.807, 2.05) is 44.3 Å². The number of amides is 1. The van der Waals surface area contributed by atoms with Crippen LogP contribution in [0.25, 0.3) is 5.52 Å². The molecular formula is C17H24BrN5O2.